The summed E-state index contributed by atoms with van der Waals surface area (Å²) in [4.78, 5) is 30.8. The SMILES string of the molecule is COc1ccc(NC(=O)Cn2cnc3scc(-c4ccc(C)cc4C)c3c2=O)cc1Cl. The van der Waals surface area contributed by atoms with E-state index in [9.17, 15) is 9.59 Å². The zero-order valence-electron chi connectivity index (χ0n) is 17.2. The van der Waals surface area contributed by atoms with Gasteiger partial charge in [-0.1, -0.05) is 35.4 Å². The number of methoxy groups -OCH3 is 1. The Morgan fingerprint density at radius 2 is 2.00 bits per heavy atom. The van der Waals surface area contributed by atoms with Crippen LogP contribution in [-0.4, -0.2) is 22.6 Å². The molecule has 0 atom stereocenters. The molecule has 2 aromatic heterocycles. The summed E-state index contributed by atoms with van der Waals surface area (Å²) in [6.07, 6.45) is 1.41. The average molecular weight is 454 g/mol. The number of ether oxygens (including phenoxy) is 1. The van der Waals surface area contributed by atoms with Crippen LogP contribution in [0.25, 0.3) is 21.3 Å². The first-order chi connectivity index (χ1) is 14.9. The number of amides is 1. The second-order valence-electron chi connectivity index (χ2n) is 7.22. The minimum Gasteiger partial charge on any atom is -0.495 e. The van der Waals surface area contributed by atoms with Crippen LogP contribution in [0.4, 0.5) is 5.69 Å². The molecule has 0 fully saturated rings. The van der Waals surface area contributed by atoms with E-state index in [1.807, 2.05) is 31.4 Å². The van der Waals surface area contributed by atoms with Gasteiger partial charge in [0.25, 0.3) is 5.56 Å². The molecule has 31 heavy (non-hydrogen) atoms. The number of nitrogens with zero attached hydrogens (tertiary/aromatic N) is 2. The number of nitrogens with one attached hydrogen (secondary N) is 1. The third kappa shape index (κ3) is 4.19. The number of aromatic nitrogens is 2. The summed E-state index contributed by atoms with van der Waals surface area (Å²) in [5.74, 6) is 0.162. The van der Waals surface area contributed by atoms with E-state index < -0.39 is 0 Å². The van der Waals surface area contributed by atoms with E-state index in [1.54, 1.807) is 18.2 Å². The van der Waals surface area contributed by atoms with Crippen LogP contribution in [0.15, 0.2) is 52.9 Å². The summed E-state index contributed by atoms with van der Waals surface area (Å²) in [7, 11) is 1.52. The van der Waals surface area contributed by atoms with Crippen molar-refractivity contribution in [2.75, 3.05) is 12.4 Å². The maximum Gasteiger partial charge on any atom is 0.263 e. The zero-order chi connectivity index (χ0) is 22.1. The first-order valence-corrected chi connectivity index (χ1v) is 10.8. The monoisotopic (exact) mass is 453 g/mol. The van der Waals surface area contributed by atoms with Crippen molar-refractivity contribution in [3.05, 3.63) is 74.6 Å². The van der Waals surface area contributed by atoms with E-state index in [0.717, 1.165) is 22.3 Å². The minimum absolute atomic E-state index is 0.159. The Morgan fingerprint density at radius 1 is 1.19 bits per heavy atom. The Balaban J connectivity index is 1.64. The molecular formula is C23H20ClN3O3S. The summed E-state index contributed by atoms with van der Waals surface area (Å²) < 4.78 is 6.44. The Hall–Kier alpha value is -3.16. The molecule has 0 aliphatic carbocycles. The van der Waals surface area contributed by atoms with E-state index >= 15 is 0 Å². The van der Waals surface area contributed by atoms with Crippen LogP contribution < -0.4 is 15.6 Å². The van der Waals surface area contributed by atoms with Crippen LogP contribution in [-0.2, 0) is 11.3 Å². The molecule has 0 aliphatic rings. The number of rotatable bonds is 5. The fourth-order valence-corrected chi connectivity index (χ4v) is 4.65. The number of fused-ring (bicyclic) bond motifs is 1. The maximum atomic E-state index is 13.2. The maximum absolute atomic E-state index is 13.2. The van der Waals surface area contributed by atoms with Gasteiger partial charge in [0.15, 0.2) is 0 Å². The van der Waals surface area contributed by atoms with Crippen LogP contribution in [0.2, 0.25) is 5.02 Å². The molecule has 0 saturated carbocycles. The number of anilines is 1. The predicted octanol–water partition coefficient (Wildman–Crippen LogP) is 5.04. The molecule has 4 rings (SSSR count). The first kappa shape index (κ1) is 21.1. The lowest BCUT2D eigenvalue weighted by atomic mass is 9.99. The number of halogens is 1. The minimum atomic E-state index is -0.354. The van der Waals surface area contributed by atoms with E-state index in [4.69, 9.17) is 16.3 Å². The van der Waals surface area contributed by atoms with Crippen molar-refractivity contribution in [3.8, 4) is 16.9 Å². The van der Waals surface area contributed by atoms with Crippen molar-refractivity contribution < 1.29 is 9.53 Å². The molecule has 158 valence electrons. The topological polar surface area (TPSA) is 73.2 Å². The fourth-order valence-electron chi connectivity index (χ4n) is 3.49. The lowest BCUT2D eigenvalue weighted by Gasteiger charge is -2.10. The Bertz CT molecular complexity index is 1360. The Morgan fingerprint density at radius 3 is 2.71 bits per heavy atom. The van der Waals surface area contributed by atoms with Gasteiger partial charge in [0.2, 0.25) is 5.91 Å². The van der Waals surface area contributed by atoms with Gasteiger partial charge in [0, 0.05) is 16.6 Å². The molecule has 1 N–H and O–H groups in total. The summed E-state index contributed by atoms with van der Waals surface area (Å²) >= 11 is 7.53. The van der Waals surface area contributed by atoms with Crippen molar-refractivity contribution in [2.24, 2.45) is 0 Å². The van der Waals surface area contributed by atoms with Gasteiger partial charge >= 0.3 is 0 Å². The van der Waals surface area contributed by atoms with E-state index in [1.165, 1.54) is 29.3 Å². The fraction of sp³-hybridized carbons (Fsp3) is 0.174. The van der Waals surface area contributed by atoms with Crippen LogP contribution in [0.3, 0.4) is 0 Å². The van der Waals surface area contributed by atoms with E-state index in [2.05, 4.69) is 16.4 Å². The van der Waals surface area contributed by atoms with Crippen molar-refractivity contribution in [1.29, 1.82) is 0 Å². The third-order valence-corrected chi connectivity index (χ3v) is 6.16. The second-order valence-corrected chi connectivity index (χ2v) is 8.49. The largest absolute Gasteiger partial charge is 0.495 e. The van der Waals surface area contributed by atoms with Gasteiger partial charge in [-0.15, -0.1) is 11.3 Å². The number of benzene rings is 2. The highest BCUT2D eigenvalue weighted by Gasteiger charge is 2.16. The summed E-state index contributed by atoms with van der Waals surface area (Å²) in [6, 6.07) is 11.1. The number of thiophene rings is 1. The first-order valence-electron chi connectivity index (χ1n) is 9.55. The van der Waals surface area contributed by atoms with Crippen molar-refractivity contribution in [2.45, 2.75) is 20.4 Å². The molecule has 0 aliphatic heterocycles. The highest BCUT2D eigenvalue weighted by atomic mass is 35.5. The average Bonchev–Trinajstić information content (AvgIpc) is 3.15. The molecule has 0 bridgehead atoms. The van der Waals surface area contributed by atoms with Crippen LogP contribution in [0, 0.1) is 13.8 Å². The van der Waals surface area contributed by atoms with Crippen molar-refractivity contribution in [3.63, 3.8) is 0 Å². The summed E-state index contributed by atoms with van der Waals surface area (Å²) in [5.41, 5.74) is 4.35. The second kappa shape index (κ2) is 8.53. The Labute approximate surface area is 188 Å². The smallest absolute Gasteiger partial charge is 0.263 e. The molecular weight excluding hydrogens is 434 g/mol. The lowest BCUT2D eigenvalue weighted by Crippen LogP contribution is -2.27. The van der Waals surface area contributed by atoms with Gasteiger partial charge in [-0.2, -0.15) is 0 Å². The van der Waals surface area contributed by atoms with Crippen molar-refractivity contribution >= 4 is 44.7 Å². The van der Waals surface area contributed by atoms with Crippen LogP contribution in [0.5, 0.6) is 5.75 Å². The van der Waals surface area contributed by atoms with Crippen LogP contribution in [0.1, 0.15) is 11.1 Å². The molecule has 2 aromatic carbocycles. The molecule has 4 aromatic rings. The summed E-state index contributed by atoms with van der Waals surface area (Å²) in [6.45, 7) is 3.90. The quantitative estimate of drug-likeness (QED) is 0.459. The van der Waals surface area contributed by atoms with Gasteiger partial charge < -0.3 is 10.1 Å². The molecule has 0 radical (unpaired) electrons. The van der Waals surface area contributed by atoms with Gasteiger partial charge in [-0.05, 0) is 43.2 Å². The summed E-state index contributed by atoms with van der Waals surface area (Å²) in [5, 5.41) is 5.61. The molecule has 8 heteroatoms. The lowest BCUT2D eigenvalue weighted by molar-refractivity contribution is -0.116. The van der Waals surface area contributed by atoms with E-state index in [0.29, 0.717) is 26.7 Å². The van der Waals surface area contributed by atoms with Crippen molar-refractivity contribution in [1.82, 2.24) is 9.55 Å². The number of carbonyl (C=O) groups is 1. The molecule has 1 amide bonds. The normalized spacial score (nSPS) is 11.0. The molecule has 6 nitrogen and oxygen atoms in total. The van der Waals surface area contributed by atoms with Crippen LogP contribution >= 0.6 is 22.9 Å². The molecule has 0 unspecified atom stereocenters. The molecule has 2 heterocycles. The number of hydrogen-bond donors (Lipinski definition) is 1. The zero-order valence-corrected chi connectivity index (χ0v) is 18.8. The standard InChI is InChI=1S/C23H20ClN3O3S/c1-13-4-6-16(14(2)8-13)17-11-31-22-21(17)23(29)27(12-25-22)10-20(28)26-15-5-7-19(30-3)18(24)9-15/h4-9,11-12H,10H2,1-3H3,(H,26,28). The van der Waals surface area contributed by atoms with Gasteiger partial charge in [-0.25, -0.2) is 4.98 Å². The molecule has 0 spiro atoms. The highest BCUT2D eigenvalue weighted by molar-refractivity contribution is 7.17. The highest BCUT2D eigenvalue weighted by Crippen LogP contribution is 2.33. The number of hydrogen-bond acceptors (Lipinski definition) is 5. The molecule has 0 saturated heterocycles. The number of carbonyl (C=O) groups excluding carboxylic acids is 1. The number of aryl methyl sites for hydroxylation is 2. The third-order valence-electron chi connectivity index (χ3n) is 4.98. The van der Waals surface area contributed by atoms with Gasteiger partial charge in [0.1, 0.15) is 17.1 Å². The Kier molecular flexibility index (Phi) is 5.80. The van der Waals surface area contributed by atoms with Gasteiger partial charge in [-0.3, -0.25) is 14.2 Å². The van der Waals surface area contributed by atoms with E-state index in [-0.39, 0.29) is 18.0 Å². The predicted molar refractivity (Wildman–Crippen MR) is 125 cm³/mol. The van der Waals surface area contributed by atoms with Gasteiger partial charge in [0.05, 0.1) is 23.8 Å².